The van der Waals surface area contributed by atoms with E-state index in [0.717, 1.165) is 11.1 Å². The lowest BCUT2D eigenvalue weighted by atomic mass is 10.0. The van der Waals surface area contributed by atoms with Crippen LogP contribution in [0.25, 0.3) is 0 Å². The molecule has 0 saturated carbocycles. The molecule has 0 saturated heterocycles. The van der Waals surface area contributed by atoms with E-state index in [0.29, 0.717) is 17.3 Å². The number of benzene rings is 2. The van der Waals surface area contributed by atoms with Crippen LogP contribution < -0.4 is 10.1 Å². The molecule has 20 heavy (non-hydrogen) atoms. The molecule has 2 rings (SSSR count). The number of hydrogen-bond acceptors (Lipinski definition) is 2. The molecule has 0 aliphatic carbocycles. The van der Waals surface area contributed by atoms with Gasteiger partial charge in [-0.15, -0.1) is 0 Å². The van der Waals surface area contributed by atoms with E-state index in [1.807, 2.05) is 27.0 Å². The first-order chi connectivity index (χ1) is 9.51. The highest BCUT2D eigenvalue weighted by Crippen LogP contribution is 2.31. The van der Waals surface area contributed by atoms with E-state index in [2.05, 4.69) is 11.4 Å². The second-order valence-corrected chi connectivity index (χ2v) is 5.19. The summed E-state index contributed by atoms with van der Waals surface area (Å²) in [5.41, 5.74) is 3.28. The summed E-state index contributed by atoms with van der Waals surface area (Å²) in [6, 6.07) is 8.37. The van der Waals surface area contributed by atoms with Crippen molar-refractivity contribution >= 4 is 11.6 Å². The van der Waals surface area contributed by atoms with Crippen LogP contribution in [0.5, 0.6) is 11.5 Å². The van der Waals surface area contributed by atoms with Crippen molar-refractivity contribution in [1.82, 2.24) is 5.32 Å². The van der Waals surface area contributed by atoms with Crippen LogP contribution in [0.15, 0.2) is 30.3 Å². The van der Waals surface area contributed by atoms with Gasteiger partial charge in [0.05, 0.1) is 0 Å². The first-order valence-corrected chi connectivity index (χ1v) is 6.76. The molecule has 0 aromatic heterocycles. The highest BCUT2D eigenvalue weighted by molar-refractivity contribution is 6.30. The second kappa shape index (κ2) is 6.25. The lowest BCUT2D eigenvalue weighted by Gasteiger charge is -2.14. The molecule has 0 atom stereocenters. The molecular weight excluding hydrogens is 277 g/mol. The average molecular weight is 294 g/mol. The molecule has 4 heteroatoms. The SMILES string of the molecule is CNCc1cc(C)c(C)cc1Oc1ccc(Cl)cc1F. The highest BCUT2D eigenvalue weighted by Gasteiger charge is 2.10. The summed E-state index contributed by atoms with van der Waals surface area (Å²) in [4.78, 5) is 0. The smallest absolute Gasteiger partial charge is 0.167 e. The fourth-order valence-corrected chi connectivity index (χ4v) is 2.11. The molecule has 0 bridgehead atoms. The zero-order valence-electron chi connectivity index (χ0n) is 11.8. The third-order valence-electron chi connectivity index (χ3n) is 3.16. The zero-order valence-corrected chi connectivity index (χ0v) is 12.5. The largest absolute Gasteiger partial charge is 0.454 e. The van der Waals surface area contributed by atoms with Gasteiger partial charge in [0.2, 0.25) is 0 Å². The van der Waals surface area contributed by atoms with Crippen LogP contribution in [0.4, 0.5) is 4.39 Å². The van der Waals surface area contributed by atoms with Crippen LogP contribution in [-0.2, 0) is 6.54 Å². The molecular formula is C16H17ClFNO. The average Bonchev–Trinajstić information content (AvgIpc) is 2.39. The molecule has 0 fully saturated rings. The van der Waals surface area contributed by atoms with Gasteiger partial charge in [0.25, 0.3) is 0 Å². The topological polar surface area (TPSA) is 21.3 Å². The summed E-state index contributed by atoms with van der Waals surface area (Å²) in [6.07, 6.45) is 0. The molecule has 2 aromatic carbocycles. The summed E-state index contributed by atoms with van der Waals surface area (Å²) in [7, 11) is 1.86. The van der Waals surface area contributed by atoms with E-state index < -0.39 is 5.82 Å². The summed E-state index contributed by atoms with van der Waals surface area (Å²) in [5, 5.41) is 3.44. The first kappa shape index (κ1) is 14.8. The fourth-order valence-electron chi connectivity index (χ4n) is 1.95. The van der Waals surface area contributed by atoms with Crippen molar-refractivity contribution in [1.29, 1.82) is 0 Å². The fraction of sp³-hybridized carbons (Fsp3) is 0.250. The van der Waals surface area contributed by atoms with Gasteiger partial charge >= 0.3 is 0 Å². The Morgan fingerprint density at radius 2 is 1.80 bits per heavy atom. The summed E-state index contributed by atoms with van der Waals surface area (Å²) < 4.78 is 19.5. The van der Waals surface area contributed by atoms with E-state index in [9.17, 15) is 4.39 Å². The van der Waals surface area contributed by atoms with Crippen LogP contribution in [0, 0.1) is 19.7 Å². The van der Waals surface area contributed by atoms with Crippen LogP contribution in [0.1, 0.15) is 16.7 Å². The van der Waals surface area contributed by atoms with Gasteiger partial charge in [0, 0.05) is 17.1 Å². The first-order valence-electron chi connectivity index (χ1n) is 6.39. The number of halogens is 2. The quantitative estimate of drug-likeness (QED) is 0.889. The van der Waals surface area contributed by atoms with E-state index >= 15 is 0 Å². The standard InChI is InChI=1S/C16H17ClFNO/c1-10-6-12(9-19-3)16(7-11(10)2)20-15-5-4-13(17)8-14(15)18/h4-8,19H,9H2,1-3H3. The number of aryl methyl sites for hydroxylation is 2. The molecule has 106 valence electrons. The number of ether oxygens (including phenoxy) is 1. The molecule has 0 radical (unpaired) electrons. The normalized spacial score (nSPS) is 10.7. The maximum atomic E-state index is 13.8. The second-order valence-electron chi connectivity index (χ2n) is 4.75. The maximum Gasteiger partial charge on any atom is 0.167 e. The van der Waals surface area contributed by atoms with Gasteiger partial charge in [-0.2, -0.15) is 0 Å². The predicted molar refractivity (Wildman–Crippen MR) is 80.2 cm³/mol. The summed E-state index contributed by atoms with van der Waals surface area (Å²) in [5.74, 6) is 0.366. The number of rotatable bonds is 4. The molecule has 0 amide bonds. The van der Waals surface area contributed by atoms with Gasteiger partial charge in [-0.3, -0.25) is 0 Å². The van der Waals surface area contributed by atoms with Gasteiger partial charge in [0.1, 0.15) is 5.75 Å². The van der Waals surface area contributed by atoms with Crippen molar-refractivity contribution in [2.24, 2.45) is 0 Å². The van der Waals surface area contributed by atoms with Crippen molar-refractivity contribution in [2.45, 2.75) is 20.4 Å². The monoisotopic (exact) mass is 293 g/mol. The maximum absolute atomic E-state index is 13.8. The minimum absolute atomic E-state index is 0.176. The van der Waals surface area contributed by atoms with E-state index in [4.69, 9.17) is 16.3 Å². The Balaban J connectivity index is 2.39. The van der Waals surface area contributed by atoms with Crippen LogP contribution in [0.2, 0.25) is 5.02 Å². The third-order valence-corrected chi connectivity index (χ3v) is 3.39. The van der Waals surface area contributed by atoms with E-state index in [-0.39, 0.29) is 5.75 Å². The van der Waals surface area contributed by atoms with Crippen molar-refractivity contribution < 1.29 is 9.13 Å². The molecule has 1 N–H and O–H groups in total. The van der Waals surface area contributed by atoms with Crippen LogP contribution >= 0.6 is 11.6 Å². The highest BCUT2D eigenvalue weighted by atomic mass is 35.5. The predicted octanol–water partition coefficient (Wildman–Crippen LogP) is 4.61. The molecule has 0 aliphatic heterocycles. The third kappa shape index (κ3) is 3.30. The zero-order chi connectivity index (χ0) is 14.7. The van der Waals surface area contributed by atoms with Gasteiger partial charge in [0.15, 0.2) is 11.6 Å². The Labute approximate surface area is 123 Å². The van der Waals surface area contributed by atoms with Crippen LogP contribution in [-0.4, -0.2) is 7.05 Å². The van der Waals surface area contributed by atoms with Gasteiger partial charge in [-0.1, -0.05) is 17.7 Å². The van der Waals surface area contributed by atoms with Gasteiger partial charge < -0.3 is 10.1 Å². The molecule has 2 nitrogen and oxygen atoms in total. The summed E-state index contributed by atoms with van der Waals surface area (Å²) >= 11 is 5.74. The molecule has 0 spiro atoms. The minimum Gasteiger partial charge on any atom is -0.454 e. The molecule has 2 aromatic rings. The number of hydrogen-bond donors (Lipinski definition) is 1. The van der Waals surface area contributed by atoms with Crippen LogP contribution in [0.3, 0.4) is 0 Å². The molecule has 0 heterocycles. The summed E-state index contributed by atoms with van der Waals surface area (Å²) in [6.45, 7) is 4.70. The Morgan fingerprint density at radius 3 is 2.45 bits per heavy atom. The molecule has 0 aliphatic rings. The van der Waals surface area contributed by atoms with E-state index in [1.54, 1.807) is 6.07 Å². The van der Waals surface area contributed by atoms with Crippen molar-refractivity contribution in [3.8, 4) is 11.5 Å². The van der Waals surface area contributed by atoms with E-state index in [1.165, 1.54) is 17.7 Å². The Hall–Kier alpha value is -1.58. The number of nitrogens with one attached hydrogen (secondary N) is 1. The van der Waals surface area contributed by atoms with Gasteiger partial charge in [-0.25, -0.2) is 4.39 Å². The minimum atomic E-state index is -0.467. The molecule has 0 unspecified atom stereocenters. The lowest BCUT2D eigenvalue weighted by molar-refractivity contribution is 0.436. The Morgan fingerprint density at radius 1 is 1.10 bits per heavy atom. The van der Waals surface area contributed by atoms with Crippen molar-refractivity contribution in [2.75, 3.05) is 7.05 Å². The van der Waals surface area contributed by atoms with Crippen molar-refractivity contribution in [3.05, 3.63) is 57.9 Å². The van der Waals surface area contributed by atoms with Crippen molar-refractivity contribution in [3.63, 3.8) is 0 Å². The van der Waals surface area contributed by atoms with Gasteiger partial charge in [-0.05, 0) is 56.3 Å². The Bertz CT molecular complexity index is 628. The lowest BCUT2D eigenvalue weighted by Crippen LogP contribution is -2.07. The Kier molecular flexibility index (Phi) is 4.63.